The third kappa shape index (κ3) is 1.84. The molecule has 0 amide bonds. The van der Waals surface area contributed by atoms with Crippen LogP contribution < -0.4 is 5.73 Å². The van der Waals surface area contributed by atoms with Crippen LogP contribution in [0.1, 0.15) is 5.56 Å². The number of nitriles is 1. The molecule has 0 spiro atoms. The lowest BCUT2D eigenvalue weighted by molar-refractivity contribution is 1.45. The van der Waals surface area contributed by atoms with Crippen molar-refractivity contribution in [1.29, 1.82) is 5.26 Å². The molecule has 0 unspecified atom stereocenters. The van der Waals surface area contributed by atoms with Gasteiger partial charge in [0.1, 0.15) is 6.07 Å². The molecule has 11 heavy (non-hydrogen) atoms. The van der Waals surface area contributed by atoms with Crippen molar-refractivity contribution in [2.24, 2.45) is 0 Å². The standard InChI is InChI=1S/C7H4BrIN2/c8-7-4(3-10)1-5(11)2-6(7)9/h1-2H,11H2. The van der Waals surface area contributed by atoms with E-state index in [-0.39, 0.29) is 0 Å². The minimum absolute atomic E-state index is 0.578. The van der Waals surface area contributed by atoms with Gasteiger partial charge in [0, 0.05) is 13.7 Å². The van der Waals surface area contributed by atoms with Gasteiger partial charge in [-0.3, -0.25) is 0 Å². The molecule has 0 aromatic heterocycles. The van der Waals surface area contributed by atoms with Crippen LogP contribution in [0.15, 0.2) is 16.6 Å². The van der Waals surface area contributed by atoms with Crippen molar-refractivity contribution in [3.63, 3.8) is 0 Å². The lowest BCUT2D eigenvalue weighted by Gasteiger charge is -1.99. The Kier molecular flexibility index (Phi) is 2.73. The van der Waals surface area contributed by atoms with E-state index in [9.17, 15) is 0 Å². The van der Waals surface area contributed by atoms with Crippen LogP contribution >= 0.6 is 38.5 Å². The Morgan fingerprint density at radius 2 is 2.18 bits per heavy atom. The summed E-state index contributed by atoms with van der Waals surface area (Å²) in [5.74, 6) is 0. The van der Waals surface area contributed by atoms with E-state index in [0.29, 0.717) is 11.3 Å². The van der Waals surface area contributed by atoms with Crippen molar-refractivity contribution in [2.75, 3.05) is 5.73 Å². The second-order valence-electron chi connectivity index (χ2n) is 1.98. The Balaban J connectivity index is 3.39. The molecule has 56 valence electrons. The van der Waals surface area contributed by atoms with Gasteiger partial charge in [-0.15, -0.1) is 0 Å². The first-order valence-electron chi connectivity index (χ1n) is 2.79. The Morgan fingerprint density at radius 1 is 1.55 bits per heavy atom. The molecule has 0 heterocycles. The molecule has 0 fully saturated rings. The van der Waals surface area contributed by atoms with Crippen molar-refractivity contribution < 1.29 is 0 Å². The van der Waals surface area contributed by atoms with Crippen LogP contribution in [0, 0.1) is 14.9 Å². The first-order valence-corrected chi connectivity index (χ1v) is 4.67. The van der Waals surface area contributed by atoms with Crippen molar-refractivity contribution >= 4 is 44.2 Å². The summed E-state index contributed by atoms with van der Waals surface area (Å²) < 4.78 is 1.77. The van der Waals surface area contributed by atoms with E-state index in [1.807, 2.05) is 12.1 Å². The van der Waals surface area contributed by atoms with Crippen LogP contribution in [-0.4, -0.2) is 0 Å². The molecule has 2 nitrogen and oxygen atoms in total. The Morgan fingerprint density at radius 3 is 2.73 bits per heavy atom. The number of benzene rings is 1. The molecule has 0 bridgehead atoms. The second-order valence-corrected chi connectivity index (χ2v) is 3.93. The first kappa shape index (κ1) is 8.81. The highest BCUT2D eigenvalue weighted by Crippen LogP contribution is 2.25. The maximum atomic E-state index is 8.63. The number of hydrogen-bond donors (Lipinski definition) is 1. The molecule has 0 atom stereocenters. The number of halogens is 2. The minimum atomic E-state index is 0.578. The van der Waals surface area contributed by atoms with E-state index in [2.05, 4.69) is 38.5 Å². The summed E-state index contributed by atoms with van der Waals surface area (Å²) in [7, 11) is 0. The quantitative estimate of drug-likeness (QED) is 0.589. The zero-order valence-electron chi connectivity index (χ0n) is 5.44. The largest absolute Gasteiger partial charge is 0.399 e. The fourth-order valence-electron chi connectivity index (χ4n) is 0.691. The first-order chi connectivity index (χ1) is 5.15. The molecule has 0 aliphatic carbocycles. The van der Waals surface area contributed by atoms with Crippen LogP contribution in [0.5, 0.6) is 0 Å². The van der Waals surface area contributed by atoms with E-state index >= 15 is 0 Å². The molecule has 0 radical (unpaired) electrons. The monoisotopic (exact) mass is 322 g/mol. The van der Waals surface area contributed by atoms with Crippen molar-refractivity contribution in [1.82, 2.24) is 0 Å². The average molecular weight is 323 g/mol. The lowest BCUT2D eigenvalue weighted by Crippen LogP contribution is -1.89. The van der Waals surface area contributed by atoms with Crippen molar-refractivity contribution in [3.8, 4) is 6.07 Å². The van der Waals surface area contributed by atoms with Gasteiger partial charge in [-0.1, -0.05) is 0 Å². The smallest absolute Gasteiger partial charge is 0.100 e. The van der Waals surface area contributed by atoms with Gasteiger partial charge in [0.2, 0.25) is 0 Å². The number of anilines is 1. The Bertz CT molecular complexity index is 330. The van der Waals surface area contributed by atoms with Gasteiger partial charge < -0.3 is 5.73 Å². The van der Waals surface area contributed by atoms with Gasteiger partial charge in [0.05, 0.1) is 5.56 Å². The number of rotatable bonds is 0. The fourth-order valence-corrected chi connectivity index (χ4v) is 1.66. The van der Waals surface area contributed by atoms with Crippen molar-refractivity contribution in [2.45, 2.75) is 0 Å². The Labute approximate surface area is 86.7 Å². The van der Waals surface area contributed by atoms with E-state index in [4.69, 9.17) is 11.0 Å². The van der Waals surface area contributed by atoms with Gasteiger partial charge in [-0.25, -0.2) is 0 Å². The molecule has 0 aliphatic heterocycles. The normalized spacial score (nSPS) is 9.18. The van der Waals surface area contributed by atoms with Gasteiger partial charge in [0.25, 0.3) is 0 Å². The van der Waals surface area contributed by atoms with E-state index in [1.54, 1.807) is 6.07 Å². The number of hydrogen-bond acceptors (Lipinski definition) is 2. The molecule has 0 saturated carbocycles. The van der Waals surface area contributed by atoms with Crippen LogP contribution in [0.25, 0.3) is 0 Å². The number of nitrogens with two attached hydrogens (primary N) is 1. The molecule has 0 saturated heterocycles. The van der Waals surface area contributed by atoms with Crippen LogP contribution in [-0.2, 0) is 0 Å². The molecule has 4 heteroatoms. The summed E-state index contributed by atoms with van der Waals surface area (Å²) in [6, 6.07) is 5.50. The average Bonchev–Trinajstić information content (AvgIpc) is 1.96. The highest BCUT2D eigenvalue weighted by atomic mass is 127. The van der Waals surface area contributed by atoms with Gasteiger partial charge in [-0.2, -0.15) is 5.26 Å². The topological polar surface area (TPSA) is 49.8 Å². The third-order valence-corrected chi connectivity index (χ3v) is 3.62. The maximum Gasteiger partial charge on any atom is 0.100 e. The van der Waals surface area contributed by atoms with Crippen LogP contribution in [0.2, 0.25) is 0 Å². The molecule has 1 aromatic carbocycles. The van der Waals surface area contributed by atoms with E-state index < -0.39 is 0 Å². The molecule has 2 N–H and O–H groups in total. The van der Waals surface area contributed by atoms with E-state index in [0.717, 1.165) is 8.04 Å². The number of nitrogens with zero attached hydrogens (tertiary/aromatic N) is 1. The molecule has 0 aliphatic rings. The highest BCUT2D eigenvalue weighted by Gasteiger charge is 2.03. The lowest BCUT2D eigenvalue weighted by atomic mass is 10.2. The molecular formula is C7H4BrIN2. The Hall–Kier alpha value is -0.280. The maximum absolute atomic E-state index is 8.63. The van der Waals surface area contributed by atoms with Gasteiger partial charge in [0.15, 0.2) is 0 Å². The van der Waals surface area contributed by atoms with Crippen LogP contribution in [0.4, 0.5) is 5.69 Å². The highest BCUT2D eigenvalue weighted by molar-refractivity contribution is 14.1. The van der Waals surface area contributed by atoms with Gasteiger partial charge in [-0.05, 0) is 50.7 Å². The third-order valence-electron chi connectivity index (χ3n) is 1.17. The summed E-state index contributed by atoms with van der Waals surface area (Å²) in [6.07, 6.45) is 0. The molecule has 1 rings (SSSR count). The zero-order chi connectivity index (χ0) is 8.43. The predicted molar refractivity (Wildman–Crippen MR) is 56.0 cm³/mol. The fraction of sp³-hybridized carbons (Fsp3) is 0. The van der Waals surface area contributed by atoms with Gasteiger partial charge >= 0.3 is 0 Å². The molecular weight excluding hydrogens is 319 g/mol. The second kappa shape index (κ2) is 3.41. The van der Waals surface area contributed by atoms with E-state index in [1.165, 1.54) is 0 Å². The summed E-state index contributed by atoms with van der Waals surface area (Å²) >= 11 is 5.41. The van der Waals surface area contributed by atoms with Crippen molar-refractivity contribution in [3.05, 3.63) is 25.7 Å². The zero-order valence-corrected chi connectivity index (χ0v) is 9.18. The summed E-state index contributed by atoms with van der Waals surface area (Å²) in [5.41, 5.74) is 6.72. The molecule has 1 aromatic rings. The SMILES string of the molecule is N#Cc1cc(N)cc(I)c1Br. The summed E-state index contributed by atoms with van der Waals surface area (Å²) in [6.45, 7) is 0. The summed E-state index contributed by atoms with van der Waals surface area (Å²) in [4.78, 5) is 0. The van der Waals surface area contributed by atoms with Crippen LogP contribution in [0.3, 0.4) is 0 Å². The summed E-state index contributed by atoms with van der Waals surface area (Å²) in [5, 5.41) is 8.63. The predicted octanol–water partition coefficient (Wildman–Crippen LogP) is 2.51. The minimum Gasteiger partial charge on any atom is -0.399 e. The number of nitrogen functional groups attached to an aromatic ring is 1.